The van der Waals surface area contributed by atoms with Crippen molar-refractivity contribution < 1.29 is 128 Å². The average molecular weight is 1400 g/mol. The van der Waals surface area contributed by atoms with Crippen LogP contribution in [0.3, 0.4) is 0 Å². The highest BCUT2D eigenvalue weighted by atomic mass is 32.2. The van der Waals surface area contributed by atoms with Crippen molar-refractivity contribution in [3.8, 4) is 23.1 Å². The number of phenols is 1. The summed E-state index contributed by atoms with van der Waals surface area (Å²) in [5, 5.41) is 48.2. The highest BCUT2D eigenvalue weighted by molar-refractivity contribution is 7.87. The van der Waals surface area contributed by atoms with Gasteiger partial charge in [0.05, 0.1) is 39.5 Å². The smallest absolute Gasteiger partial charge is 0.425 e. The Bertz CT molecular complexity index is 5210. The van der Waals surface area contributed by atoms with Gasteiger partial charge < -0.3 is 14.9 Å². The summed E-state index contributed by atoms with van der Waals surface area (Å²) in [6.45, 7) is 1.27. The van der Waals surface area contributed by atoms with Gasteiger partial charge in [0, 0.05) is 27.6 Å². The van der Waals surface area contributed by atoms with E-state index < -0.39 is 152 Å². The number of fused-ring (bicyclic) bond motifs is 3. The van der Waals surface area contributed by atoms with Crippen molar-refractivity contribution in [3.63, 3.8) is 0 Å². The van der Waals surface area contributed by atoms with Gasteiger partial charge in [0.15, 0.2) is 11.4 Å². The molecule has 38 nitrogen and oxygen atoms in total. The van der Waals surface area contributed by atoms with Crippen LogP contribution in [0, 0.1) is 6.92 Å². The van der Waals surface area contributed by atoms with Gasteiger partial charge in [-0.25, -0.2) is 4.98 Å². The number of thiazole rings is 1. The number of aromatic nitrogens is 3. The van der Waals surface area contributed by atoms with E-state index in [0.717, 1.165) is 53.9 Å². The van der Waals surface area contributed by atoms with Gasteiger partial charge in [0.2, 0.25) is 11.0 Å². The summed E-state index contributed by atoms with van der Waals surface area (Å²) in [6, 6.07) is 13.2. The molecule has 0 bridgehead atoms. The van der Waals surface area contributed by atoms with Crippen molar-refractivity contribution in [1.82, 2.24) is 14.8 Å². The number of ether oxygens (including phenoxy) is 1. The summed E-state index contributed by atoms with van der Waals surface area (Å²) in [4.78, 5) is 15.4. The molecule has 47 heteroatoms. The van der Waals surface area contributed by atoms with Crippen LogP contribution in [-0.4, -0.2) is 147 Å². The van der Waals surface area contributed by atoms with E-state index in [1.54, 1.807) is 13.0 Å². The molecule has 0 aliphatic rings. The zero-order valence-electron chi connectivity index (χ0n) is 42.6. The van der Waals surface area contributed by atoms with Gasteiger partial charge in [-0.2, -0.15) is 69.9 Å². The first-order valence-corrected chi connectivity index (χ1v) is 33.6. The third-order valence-electron chi connectivity index (χ3n) is 10.6. The number of hydrogen-bond acceptors (Lipinski definition) is 32. The molecule has 6 aromatic carbocycles. The van der Waals surface area contributed by atoms with Crippen LogP contribution in [0.15, 0.2) is 140 Å². The second-order valence-corrected chi connectivity index (χ2v) is 26.7. The fourth-order valence-corrected chi connectivity index (χ4v) is 12.2. The normalized spacial score (nSPS) is 12.3. The maximum atomic E-state index is 12.9. The first kappa shape index (κ1) is 70.0. The Morgan fingerprint density at radius 2 is 1.09 bits per heavy atom. The number of carbonyl (C=O) groups excluding carboxylic acids is 2. The van der Waals surface area contributed by atoms with Crippen molar-refractivity contribution in [1.29, 1.82) is 0 Å². The minimum absolute atomic E-state index is 0.00626. The fraction of sp³-hybridized carbons (Fsp3) is 0.0976. The van der Waals surface area contributed by atoms with E-state index in [0.29, 0.717) is 27.1 Å². The monoisotopic (exact) mass is 1400 g/mol. The Hall–Kier alpha value is -8.78. The van der Waals surface area contributed by atoms with Crippen molar-refractivity contribution in [2.75, 3.05) is 12.4 Å². The number of nitrogens with zero attached hydrogens (tertiary/aromatic N) is 9. The summed E-state index contributed by atoms with van der Waals surface area (Å²) >= 11 is 0.953. The molecule has 0 fully saturated rings. The second-order valence-electron chi connectivity index (χ2n) is 16.3. The van der Waals surface area contributed by atoms with E-state index in [1.807, 2.05) is 0 Å². The zero-order valence-corrected chi connectivity index (χ0v) is 49.9. The minimum atomic E-state index is -5.42. The molecule has 8 aromatic rings. The van der Waals surface area contributed by atoms with Crippen LogP contribution in [0.2, 0.25) is 0 Å². The summed E-state index contributed by atoms with van der Waals surface area (Å²) in [7, 11) is -36.6. The highest BCUT2D eigenvalue weighted by Crippen LogP contribution is 2.44. The SMILES string of the molecule is Cc1cc(N=Nc2ccc3c(S(=O)(=O)O)c(N=Nc4cnn(-c5cc(S(=O)(=O)O)c6cc(S(=O)(=O)O)cc(S(=O)(=O)O)c6c5)c4O)ccc3c2O)c(OCCCS(=O)(=O)O)cc1N=Nc1nc2c(S(=O)(=O)O)cccc2s1.O=C=O.O=S(=O)=O.O=S(=O)=O. The van der Waals surface area contributed by atoms with E-state index in [1.165, 1.54) is 18.2 Å². The molecule has 2 aromatic heterocycles. The molecule has 2 heterocycles. The zero-order chi connectivity index (χ0) is 66.2. The highest BCUT2D eigenvalue weighted by Gasteiger charge is 2.28. The lowest BCUT2D eigenvalue weighted by molar-refractivity contribution is -0.191. The Morgan fingerprint density at radius 1 is 0.568 bits per heavy atom. The lowest BCUT2D eigenvalue weighted by Gasteiger charge is -2.13. The van der Waals surface area contributed by atoms with E-state index in [2.05, 4.69) is 40.8 Å². The van der Waals surface area contributed by atoms with Crippen LogP contribution in [0.25, 0.3) is 37.4 Å². The molecule has 88 heavy (non-hydrogen) atoms. The summed E-state index contributed by atoms with van der Waals surface area (Å²) in [5.74, 6) is -2.46. The molecule has 8 rings (SSSR count). The Balaban J connectivity index is 0.00000119. The third kappa shape index (κ3) is 18.1. The van der Waals surface area contributed by atoms with Gasteiger partial charge in [-0.3, -0.25) is 27.3 Å². The fourth-order valence-electron chi connectivity index (χ4n) is 7.28. The first-order chi connectivity index (χ1) is 40.6. The Labute approximate surface area is 498 Å². The number of aryl methyl sites for hydroxylation is 1. The summed E-state index contributed by atoms with van der Waals surface area (Å²) < 4.78 is 262. The largest absolute Gasteiger partial charge is 0.505 e. The second kappa shape index (κ2) is 27.5. The van der Waals surface area contributed by atoms with E-state index in [-0.39, 0.29) is 69.5 Å². The molecule has 0 unspecified atom stereocenters. The minimum Gasteiger partial charge on any atom is -0.505 e. The lowest BCUT2D eigenvalue weighted by atomic mass is 10.1. The number of hydrogen-bond donors (Lipinski definition) is 8. The van der Waals surface area contributed by atoms with Gasteiger partial charge in [-0.15, -0.1) is 55.9 Å². The molecule has 468 valence electrons. The lowest BCUT2D eigenvalue weighted by Crippen LogP contribution is -2.08. The molecule has 0 amide bonds. The number of para-hydroxylation sites is 1. The quantitative estimate of drug-likeness (QED) is 0.0336. The molecule has 8 N–H and O–H groups in total. The van der Waals surface area contributed by atoms with Crippen molar-refractivity contribution in [2.24, 2.45) is 30.7 Å². The third-order valence-corrected chi connectivity index (χ3v) is 16.8. The van der Waals surface area contributed by atoms with Gasteiger partial charge in [0.1, 0.15) is 47.9 Å². The van der Waals surface area contributed by atoms with Crippen molar-refractivity contribution >= 4 is 165 Å². The maximum Gasteiger partial charge on any atom is 0.425 e. The van der Waals surface area contributed by atoms with Crippen LogP contribution in [0.1, 0.15) is 12.0 Å². The summed E-state index contributed by atoms with van der Waals surface area (Å²) in [6.07, 6.45) is 0.834. The summed E-state index contributed by atoms with van der Waals surface area (Å²) in [5.41, 5.74) is -1.65. The maximum absolute atomic E-state index is 12.9. The van der Waals surface area contributed by atoms with Crippen LogP contribution in [-0.2, 0) is 91.5 Å². The van der Waals surface area contributed by atoms with Gasteiger partial charge in [-0.1, -0.05) is 23.5 Å². The predicted octanol–water partition coefficient (Wildman–Crippen LogP) is 5.05. The Morgan fingerprint density at radius 3 is 1.66 bits per heavy atom. The van der Waals surface area contributed by atoms with Gasteiger partial charge in [0.25, 0.3) is 60.7 Å². The molecule has 0 saturated carbocycles. The van der Waals surface area contributed by atoms with Gasteiger partial charge in [-0.05, 0) is 79.6 Å². The van der Waals surface area contributed by atoms with Crippen LogP contribution >= 0.6 is 11.3 Å². The van der Waals surface area contributed by atoms with Crippen molar-refractivity contribution in [3.05, 3.63) is 90.6 Å². The molecule has 0 aliphatic carbocycles. The molecule has 0 radical (unpaired) electrons. The van der Waals surface area contributed by atoms with Crippen LogP contribution in [0.5, 0.6) is 17.4 Å². The molecule has 0 saturated heterocycles. The number of benzene rings is 6. The topological polar surface area (TPSA) is 617 Å². The Kier molecular flexibility index (Phi) is 21.9. The molecule has 0 aliphatic heterocycles. The van der Waals surface area contributed by atoms with Gasteiger partial charge >= 0.3 is 27.4 Å². The predicted molar refractivity (Wildman–Crippen MR) is 292 cm³/mol. The molecular weight excluding hydrogens is 1370 g/mol. The molecule has 0 spiro atoms. The number of aromatic hydroxyl groups is 2. The molecular formula is C41H31N9O29S9. The standard InChI is InChI=1S/C40H31N9O21S7.CO2.2O3S/c1-19-12-29(31(70-10-3-11-72(52,53)54)17-28(19)45-48-40-42-36-32(71-40)4-2-5-33(36)74(58,59)60)46-43-26-8-7-23-22(37(26)50)6-9-27(38(23)77(67,68)69)44-47-30-18-41-49(39(30)51)20-13-24-25(34(14-20)75(61,62)63)15-21(73(55,56)57)16-35(24)76(64,65)66;2-1-3;2*1-4(2)3/h2,4-9,12-18,50-51H,3,10-11H2,1H3,(H,52,53,54)(H,55,56,57)(H,58,59,60)(H,61,62,63)(H,64,65,66)(H,67,68,69);;;. The molecule has 0 atom stereocenters. The number of phenolic OH excluding ortho intramolecular Hbond substituents is 1. The van der Waals surface area contributed by atoms with Crippen LogP contribution < -0.4 is 4.74 Å². The average Bonchev–Trinajstić information content (AvgIpc) is 1.98. The van der Waals surface area contributed by atoms with Crippen LogP contribution in [0.4, 0.5) is 33.6 Å². The number of rotatable bonds is 17. The van der Waals surface area contributed by atoms with E-state index >= 15 is 0 Å². The van der Waals surface area contributed by atoms with E-state index in [4.69, 9.17) is 39.6 Å². The van der Waals surface area contributed by atoms with E-state index in [9.17, 15) is 88.0 Å². The first-order valence-electron chi connectivity index (χ1n) is 22.0. The number of azo groups is 3. The van der Waals surface area contributed by atoms with Crippen molar-refractivity contribution in [2.45, 2.75) is 37.8 Å².